The third-order valence-corrected chi connectivity index (χ3v) is 3.57. The van der Waals surface area contributed by atoms with Gasteiger partial charge in [0.1, 0.15) is 6.10 Å². The Morgan fingerprint density at radius 2 is 1.89 bits per heavy atom. The molecule has 2 atom stereocenters. The summed E-state index contributed by atoms with van der Waals surface area (Å²) in [6, 6.07) is 8.57. The summed E-state index contributed by atoms with van der Waals surface area (Å²) >= 11 is 0. The smallest absolute Gasteiger partial charge is 0.303 e. The van der Waals surface area contributed by atoms with Crippen LogP contribution in [-0.2, 0) is 14.9 Å². The van der Waals surface area contributed by atoms with Crippen molar-refractivity contribution in [3.63, 3.8) is 0 Å². The van der Waals surface area contributed by atoms with Gasteiger partial charge in [-0.3, -0.25) is 4.79 Å². The van der Waals surface area contributed by atoms with Crippen molar-refractivity contribution in [3.8, 4) is 0 Å². The van der Waals surface area contributed by atoms with Gasteiger partial charge in [0.25, 0.3) is 0 Å². The Labute approximate surface area is 114 Å². The van der Waals surface area contributed by atoms with E-state index in [4.69, 9.17) is 9.84 Å². The number of carboxylic acids is 1. The van der Waals surface area contributed by atoms with Crippen LogP contribution in [0.15, 0.2) is 24.3 Å². The monoisotopic (exact) mass is 262 g/mol. The largest absolute Gasteiger partial charge is 0.481 e. The van der Waals surface area contributed by atoms with Crippen LogP contribution in [0.5, 0.6) is 0 Å². The molecule has 0 radical (unpaired) electrons. The molecule has 1 aromatic rings. The van der Waals surface area contributed by atoms with Crippen molar-refractivity contribution < 1.29 is 14.6 Å². The molecule has 1 N–H and O–H groups in total. The number of aliphatic carboxylic acids is 1. The van der Waals surface area contributed by atoms with Gasteiger partial charge in [0.05, 0.1) is 6.10 Å². The van der Waals surface area contributed by atoms with Gasteiger partial charge in [-0.05, 0) is 29.4 Å². The van der Waals surface area contributed by atoms with Crippen LogP contribution in [0.2, 0.25) is 0 Å². The van der Waals surface area contributed by atoms with E-state index in [2.05, 4.69) is 45.0 Å². The fraction of sp³-hybridized carbons (Fsp3) is 0.562. The summed E-state index contributed by atoms with van der Waals surface area (Å²) in [4.78, 5) is 10.4. The number of carboxylic acid groups (broad SMARTS) is 1. The fourth-order valence-electron chi connectivity index (χ4n) is 2.28. The highest BCUT2D eigenvalue weighted by Gasteiger charge is 2.39. The number of ether oxygens (including phenoxy) is 1. The molecule has 0 amide bonds. The van der Waals surface area contributed by atoms with Crippen LogP contribution in [0, 0.1) is 0 Å². The normalized spacial score (nSPS) is 22.3. The molecule has 1 aromatic carbocycles. The van der Waals surface area contributed by atoms with Gasteiger partial charge in [-0.15, -0.1) is 0 Å². The lowest BCUT2D eigenvalue weighted by Gasteiger charge is -2.18. The van der Waals surface area contributed by atoms with Crippen molar-refractivity contribution in [2.75, 3.05) is 0 Å². The van der Waals surface area contributed by atoms with Gasteiger partial charge >= 0.3 is 5.97 Å². The van der Waals surface area contributed by atoms with E-state index in [1.165, 1.54) is 11.1 Å². The SMILES string of the molecule is CC(C)(C)c1ccc(C2OC2CCCC(=O)O)cc1. The topological polar surface area (TPSA) is 49.8 Å². The number of rotatable bonds is 5. The first kappa shape index (κ1) is 14.1. The van der Waals surface area contributed by atoms with E-state index in [9.17, 15) is 4.79 Å². The second-order valence-corrected chi connectivity index (χ2v) is 6.25. The molecule has 0 spiro atoms. The van der Waals surface area contributed by atoms with E-state index >= 15 is 0 Å². The maximum atomic E-state index is 10.4. The summed E-state index contributed by atoms with van der Waals surface area (Å²) in [7, 11) is 0. The molecule has 0 saturated carbocycles. The van der Waals surface area contributed by atoms with E-state index in [0.29, 0.717) is 6.42 Å². The van der Waals surface area contributed by atoms with Gasteiger partial charge in [-0.25, -0.2) is 0 Å². The zero-order valence-corrected chi connectivity index (χ0v) is 11.8. The van der Waals surface area contributed by atoms with E-state index in [-0.39, 0.29) is 24.0 Å². The Bertz CT molecular complexity index is 442. The molecule has 1 aliphatic heterocycles. The first-order valence-corrected chi connectivity index (χ1v) is 6.85. The van der Waals surface area contributed by atoms with Gasteiger partial charge < -0.3 is 9.84 Å². The van der Waals surface area contributed by atoms with Crippen molar-refractivity contribution in [2.24, 2.45) is 0 Å². The Kier molecular flexibility index (Phi) is 3.95. The minimum Gasteiger partial charge on any atom is -0.481 e. The molecule has 0 bridgehead atoms. The zero-order valence-electron chi connectivity index (χ0n) is 11.8. The average Bonchev–Trinajstić information content (AvgIpc) is 3.07. The summed E-state index contributed by atoms with van der Waals surface area (Å²) in [5.41, 5.74) is 2.69. The molecule has 19 heavy (non-hydrogen) atoms. The number of hydrogen-bond acceptors (Lipinski definition) is 2. The molecule has 1 saturated heterocycles. The molecule has 3 nitrogen and oxygen atoms in total. The minimum absolute atomic E-state index is 0.169. The first-order chi connectivity index (χ1) is 8.88. The zero-order chi connectivity index (χ0) is 14.0. The molecular weight excluding hydrogens is 240 g/mol. The van der Waals surface area contributed by atoms with Crippen LogP contribution < -0.4 is 0 Å². The molecule has 1 heterocycles. The molecule has 0 aromatic heterocycles. The van der Waals surface area contributed by atoms with Gasteiger partial charge in [0, 0.05) is 6.42 Å². The molecular formula is C16H22O3. The summed E-state index contributed by atoms with van der Waals surface area (Å²) in [6.45, 7) is 6.60. The van der Waals surface area contributed by atoms with Crippen LogP contribution >= 0.6 is 0 Å². The highest BCUT2D eigenvalue weighted by Crippen LogP contribution is 2.42. The van der Waals surface area contributed by atoms with Crippen LogP contribution in [0.4, 0.5) is 0 Å². The van der Waals surface area contributed by atoms with E-state index in [1.807, 2.05) is 0 Å². The predicted molar refractivity (Wildman–Crippen MR) is 74.2 cm³/mol. The summed E-state index contributed by atoms with van der Waals surface area (Å²) in [6.07, 6.45) is 2.13. The maximum absolute atomic E-state index is 10.4. The summed E-state index contributed by atoms with van der Waals surface area (Å²) < 4.78 is 5.62. The van der Waals surface area contributed by atoms with Gasteiger partial charge in [0.2, 0.25) is 0 Å². The van der Waals surface area contributed by atoms with Gasteiger partial charge in [-0.1, -0.05) is 45.0 Å². The Morgan fingerprint density at radius 3 is 2.42 bits per heavy atom. The molecule has 1 aliphatic rings. The van der Waals surface area contributed by atoms with Crippen molar-refractivity contribution in [1.82, 2.24) is 0 Å². The lowest BCUT2D eigenvalue weighted by Crippen LogP contribution is -2.10. The highest BCUT2D eigenvalue weighted by molar-refractivity contribution is 5.66. The number of epoxide rings is 1. The van der Waals surface area contributed by atoms with Crippen molar-refractivity contribution in [1.29, 1.82) is 0 Å². The van der Waals surface area contributed by atoms with Crippen LogP contribution in [0.25, 0.3) is 0 Å². The van der Waals surface area contributed by atoms with Crippen molar-refractivity contribution >= 4 is 5.97 Å². The summed E-state index contributed by atoms with van der Waals surface area (Å²) in [5, 5.41) is 8.60. The van der Waals surface area contributed by atoms with Crippen molar-refractivity contribution in [2.45, 2.75) is 57.7 Å². The fourth-order valence-corrected chi connectivity index (χ4v) is 2.28. The highest BCUT2D eigenvalue weighted by atomic mass is 16.6. The number of benzene rings is 1. The van der Waals surface area contributed by atoms with Gasteiger partial charge in [-0.2, -0.15) is 0 Å². The van der Waals surface area contributed by atoms with E-state index in [1.54, 1.807) is 0 Å². The predicted octanol–water partition coefficient (Wildman–Crippen LogP) is 3.68. The molecule has 2 unspecified atom stereocenters. The van der Waals surface area contributed by atoms with E-state index < -0.39 is 5.97 Å². The van der Waals surface area contributed by atoms with Crippen LogP contribution in [-0.4, -0.2) is 17.2 Å². The quantitative estimate of drug-likeness (QED) is 0.823. The molecule has 3 heteroatoms. The second-order valence-electron chi connectivity index (χ2n) is 6.25. The molecule has 0 aliphatic carbocycles. The average molecular weight is 262 g/mol. The van der Waals surface area contributed by atoms with Gasteiger partial charge in [0.15, 0.2) is 0 Å². The molecule has 2 rings (SSSR count). The Balaban J connectivity index is 1.86. The van der Waals surface area contributed by atoms with Crippen LogP contribution in [0.1, 0.15) is 57.3 Å². The Morgan fingerprint density at radius 1 is 1.26 bits per heavy atom. The second kappa shape index (κ2) is 5.33. The lowest BCUT2D eigenvalue weighted by atomic mass is 9.86. The summed E-state index contributed by atoms with van der Waals surface area (Å²) in [5.74, 6) is -0.730. The lowest BCUT2D eigenvalue weighted by molar-refractivity contribution is -0.137. The van der Waals surface area contributed by atoms with E-state index in [0.717, 1.165) is 6.42 Å². The number of carbonyl (C=O) groups is 1. The van der Waals surface area contributed by atoms with Crippen molar-refractivity contribution in [3.05, 3.63) is 35.4 Å². The standard InChI is InChI=1S/C16H22O3/c1-16(2,3)12-9-7-11(8-10-12)15-13(19-15)5-4-6-14(17)18/h7-10,13,15H,4-6H2,1-3H3,(H,17,18). The molecule has 1 fully saturated rings. The third kappa shape index (κ3) is 3.80. The maximum Gasteiger partial charge on any atom is 0.303 e. The van der Waals surface area contributed by atoms with Crippen LogP contribution in [0.3, 0.4) is 0 Å². The third-order valence-electron chi connectivity index (χ3n) is 3.57. The number of hydrogen-bond donors (Lipinski definition) is 1. The first-order valence-electron chi connectivity index (χ1n) is 6.85. The Hall–Kier alpha value is -1.35. The molecule has 104 valence electrons. The minimum atomic E-state index is -0.730.